The first-order chi connectivity index (χ1) is 15.5. The highest BCUT2D eigenvalue weighted by Gasteiger charge is 2.46. The van der Waals surface area contributed by atoms with E-state index in [2.05, 4.69) is 38.1 Å². The Bertz CT molecular complexity index is 1510. The Morgan fingerprint density at radius 1 is 0.788 bits per heavy atom. The second-order valence-electron chi connectivity index (χ2n) is 9.57. The number of pyridine rings is 1. The summed E-state index contributed by atoms with van der Waals surface area (Å²) in [7, 11) is 0. The summed E-state index contributed by atoms with van der Waals surface area (Å²) >= 11 is 1.71. The summed E-state index contributed by atoms with van der Waals surface area (Å²) in [5, 5.41) is 4.33. The highest BCUT2D eigenvalue weighted by atomic mass is 32.1. The maximum atomic E-state index is 13.4. The molecule has 168 valence electrons. The van der Waals surface area contributed by atoms with Gasteiger partial charge in [-0.25, -0.2) is 0 Å². The molecule has 0 aliphatic rings. The van der Waals surface area contributed by atoms with Crippen molar-refractivity contribution in [2.24, 2.45) is 5.41 Å². The molecule has 0 N–H and O–H groups in total. The monoisotopic (exact) mass is 463 g/mol. The van der Waals surface area contributed by atoms with Crippen LogP contribution >= 0.6 is 11.3 Å². The van der Waals surface area contributed by atoms with Gasteiger partial charge in [0.1, 0.15) is 0 Å². The third-order valence-corrected chi connectivity index (χ3v) is 7.60. The number of aryl methyl sites for hydroxylation is 2. The molecule has 5 heteroatoms. The second kappa shape index (κ2) is 7.56. The molecule has 0 bridgehead atoms. The summed E-state index contributed by atoms with van der Waals surface area (Å²) in [5.41, 5.74) is 3.40. The largest absolute Gasteiger partial charge is 0.394 e. The Balaban J connectivity index is 1.67. The van der Waals surface area contributed by atoms with Crippen LogP contribution in [0, 0.1) is 19.3 Å². The zero-order chi connectivity index (χ0) is 23.5. The Hall–Kier alpha value is -2.92. The van der Waals surface area contributed by atoms with Gasteiger partial charge in [-0.2, -0.15) is 13.2 Å². The number of rotatable bonds is 3. The molecular formula is C28H24F3NS. The van der Waals surface area contributed by atoms with E-state index in [0.29, 0.717) is 5.56 Å². The van der Waals surface area contributed by atoms with Gasteiger partial charge < -0.3 is 0 Å². The lowest BCUT2D eigenvalue weighted by atomic mass is 9.84. The van der Waals surface area contributed by atoms with E-state index in [0.717, 1.165) is 42.2 Å². The van der Waals surface area contributed by atoms with Gasteiger partial charge in [-0.15, -0.1) is 11.3 Å². The molecule has 2 heterocycles. The molecule has 33 heavy (non-hydrogen) atoms. The van der Waals surface area contributed by atoms with Gasteiger partial charge in [-0.1, -0.05) is 61.4 Å². The highest BCUT2D eigenvalue weighted by Crippen LogP contribution is 2.43. The van der Waals surface area contributed by atoms with E-state index in [1.165, 1.54) is 25.0 Å². The first-order valence-electron chi connectivity index (χ1n) is 10.9. The van der Waals surface area contributed by atoms with Crippen molar-refractivity contribution in [2.75, 3.05) is 0 Å². The van der Waals surface area contributed by atoms with Crippen LogP contribution in [0.15, 0.2) is 60.8 Å². The van der Waals surface area contributed by atoms with Gasteiger partial charge in [0, 0.05) is 27.2 Å². The number of hydrogen-bond donors (Lipinski definition) is 0. The standard InChI is InChI=1S/C28H24F3NS/c1-16-11-17(2)13-20(12-16)24-26-23(9-10-32-24)22-8-6-19-14-18(5-7-21(19)25(22)33-26)15-27(3,4)28(29,30)31/h5-14H,15H2,1-4H3. The fourth-order valence-electron chi connectivity index (χ4n) is 4.58. The average molecular weight is 464 g/mol. The topological polar surface area (TPSA) is 12.9 Å². The van der Waals surface area contributed by atoms with E-state index in [4.69, 9.17) is 4.98 Å². The van der Waals surface area contributed by atoms with Crippen molar-refractivity contribution >= 4 is 42.3 Å². The third kappa shape index (κ3) is 3.78. The minimum absolute atomic E-state index is 0.0440. The predicted octanol–water partition coefficient (Wildman–Crippen LogP) is 9.02. The Morgan fingerprint density at radius 3 is 2.15 bits per heavy atom. The van der Waals surface area contributed by atoms with Gasteiger partial charge in [0.05, 0.1) is 15.8 Å². The van der Waals surface area contributed by atoms with Gasteiger partial charge in [0.15, 0.2) is 0 Å². The van der Waals surface area contributed by atoms with Crippen molar-refractivity contribution in [1.82, 2.24) is 4.98 Å². The normalized spacial score (nSPS) is 12.8. The van der Waals surface area contributed by atoms with Gasteiger partial charge in [0.25, 0.3) is 0 Å². The van der Waals surface area contributed by atoms with E-state index < -0.39 is 11.6 Å². The van der Waals surface area contributed by atoms with Gasteiger partial charge in [-0.05, 0) is 54.8 Å². The molecule has 0 radical (unpaired) electrons. The number of thiophene rings is 1. The molecule has 0 saturated heterocycles. The first-order valence-corrected chi connectivity index (χ1v) is 11.7. The van der Waals surface area contributed by atoms with Crippen LogP contribution in [0.4, 0.5) is 13.2 Å². The van der Waals surface area contributed by atoms with Crippen molar-refractivity contribution in [1.29, 1.82) is 0 Å². The number of hydrogen-bond acceptors (Lipinski definition) is 2. The summed E-state index contributed by atoms with van der Waals surface area (Å²) < 4.78 is 42.4. The smallest absolute Gasteiger partial charge is 0.255 e. The quantitative estimate of drug-likeness (QED) is 0.260. The SMILES string of the molecule is Cc1cc(C)cc(-c2nccc3c2sc2c4ccc(CC(C)(C)C(F)(F)F)cc4ccc32)c1. The van der Waals surface area contributed by atoms with Crippen LogP contribution in [0.25, 0.3) is 42.2 Å². The van der Waals surface area contributed by atoms with Crippen LogP contribution in [0.1, 0.15) is 30.5 Å². The lowest BCUT2D eigenvalue weighted by molar-refractivity contribution is -0.211. The molecule has 0 unspecified atom stereocenters. The van der Waals surface area contributed by atoms with Crippen molar-refractivity contribution in [3.05, 3.63) is 77.5 Å². The summed E-state index contributed by atoms with van der Waals surface area (Å²) in [4.78, 5) is 4.72. The Kier molecular flexibility index (Phi) is 5.02. The molecule has 5 rings (SSSR count). The molecule has 0 fully saturated rings. The van der Waals surface area contributed by atoms with E-state index in [1.807, 2.05) is 36.5 Å². The minimum Gasteiger partial charge on any atom is -0.255 e. The zero-order valence-corrected chi connectivity index (χ0v) is 19.8. The second-order valence-corrected chi connectivity index (χ2v) is 10.6. The van der Waals surface area contributed by atoms with Crippen LogP contribution in [-0.4, -0.2) is 11.2 Å². The number of alkyl halides is 3. The van der Waals surface area contributed by atoms with Crippen molar-refractivity contribution in [2.45, 2.75) is 40.3 Å². The van der Waals surface area contributed by atoms with Crippen molar-refractivity contribution in [3.8, 4) is 11.3 Å². The molecule has 1 nitrogen and oxygen atoms in total. The lowest BCUT2D eigenvalue weighted by Crippen LogP contribution is -2.34. The van der Waals surface area contributed by atoms with E-state index in [9.17, 15) is 13.2 Å². The summed E-state index contributed by atoms with van der Waals surface area (Å²) in [5.74, 6) is 0. The van der Waals surface area contributed by atoms with Crippen molar-refractivity contribution in [3.63, 3.8) is 0 Å². The predicted molar refractivity (Wildman–Crippen MR) is 133 cm³/mol. The number of benzene rings is 3. The maximum absolute atomic E-state index is 13.4. The molecule has 0 aliphatic carbocycles. The molecule has 5 aromatic rings. The van der Waals surface area contributed by atoms with Gasteiger partial charge >= 0.3 is 6.18 Å². The van der Waals surface area contributed by atoms with Gasteiger partial charge in [-0.3, -0.25) is 4.98 Å². The molecule has 0 amide bonds. The fourth-order valence-corrected chi connectivity index (χ4v) is 5.92. The molecule has 2 aromatic heterocycles. The fraction of sp³-hybridized carbons (Fsp3) is 0.250. The highest BCUT2D eigenvalue weighted by molar-refractivity contribution is 7.27. The maximum Gasteiger partial charge on any atom is 0.394 e. The Morgan fingerprint density at radius 2 is 1.45 bits per heavy atom. The molecule has 0 saturated carbocycles. The van der Waals surface area contributed by atoms with Crippen LogP contribution < -0.4 is 0 Å². The Labute approximate surface area is 194 Å². The van der Waals surface area contributed by atoms with Crippen LogP contribution in [0.5, 0.6) is 0 Å². The van der Waals surface area contributed by atoms with Gasteiger partial charge in [0.2, 0.25) is 0 Å². The molecule has 0 atom stereocenters. The zero-order valence-electron chi connectivity index (χ0n) is 19.0. The summed E-state index contributed by atoms with van der Waals surface area (Å²) in [6.45, 7) is 6.70. The van der Waals surface area contributed by atoms with Crippen LogP contribution in [0.2, 0.25) is 0 Å². The molecule has 0 aliphatic heterocycles. The molecule has 0 spiro atoms. The van der Waals surface area contributed by atoms with E-state index in [-0.39, 0.29) is 6.42 Å². The number of nitrogens with zero attached hydrogens (tertiary/aromatic N) is 1. The first kappa shape index (κ1) is 21.9. The van der Waals surface area contributed by atoms with Crippen LogP contribution in [-0.2, 0) is 6.42 Å². The molecular weight excluding hydrogens is 439 g/mol. The van der Waals surface area contributed by atoms with Crippen molar-refractivity contribution < 1.29 is 13.2 Å². The third-order valence-electron chi connectivity index (χ3n) is 6.34. The summed E-state index contributed by atoms with van der Waals surface area (Å²) in [6, 6.07) is 18.3. The number of halogens is 3. The molecule has 3 aromatic carbocycles. The summed E-state index contributed by atoms with van der Waals surface area (Å²) in [6.07, 6.45) is -2.43. The number of aromatic nitrogens is 1. The minimum atomic E-state index is -4.24. The number of fused-ring (bicyclic) bond motifs is 5. The average Bonchev–Trinajstić information content (AvgIpc) is 3.11. The van der Waals surface area contributed by atoms with E-state index >= 15 is 0 Å². The lowest BCUT2D eigenvalue weighted by Gasteiger charge is -2.27. The van der Waals surface area contributed by atoms with Crippen LogP contribution in [0.3, 0.4) is 0 Å². The van der Waals surface area contributed by atoms with E-state index in [1.54, 1.807) is 11.3 Å².